The average Bonchev–Trinajstić information content (AvgIpc) is 3.18. The smallest absolute Gasteiger partial charge is 0.222 e. The minimum absolute atomic E-state index is 0.259. The maximum absolute atomic E-state index is 12.4. The van der Waals surface area contributed by atoms with Crippen LogP contribution in [0.4, 0.5) is 0 Å². The molecule has 0 bridgehead atoms. The molecule has 0 spiro atoms. The molecule has 2 heterocycles. The third-order valence-corrected chi connectivity index (χ3v) is 5.70. The molecule has 1 aromatic heterocycles. The molecule has 5 heteroatoms. The summed E-state index contributed by atoms with van der Waals surface area (Å²) in [6, 6.07) is 14.3. The first kappa shape index (κ1) is 18.1. The van der Waals surface area contributed by atoms with Gasteiger partial charge in [-0.05, 0) is 29.9 Å². The maximum atomic E-state index is 12.4. The van der Waals surface area contributed by atoms with Crippen molar-refractivity contribution < 1.29 is 9.90 Å². The standard InChI is InChI=1S/C20H26N2O2S/c23-18(19-9-5-15-25-19)16-21-11-13-22(14-12-21)20(24)10-4-8-17-6-2-1-3-7-17/h1-3,5-7,9,15,18,23H,4,8,10-14,16H2/t18-/m1/s1. The zero-order chi connectivity index (χ0) is 17.5. The molecule has 0 aliphatic carbocycles. The Bertz CT molecular complexity index is 637. The van der Waals surface area contributed by atoms with E-state index in [-0.39, 0.29) is 5.91 Å². The molecule has 1 saturated heterocycles. The summed E-state index contributed by atoms with van der Waals surface area (Å²) in [5, 5.41) is 12.2. The van der Waals surface area contributed by atoms with Crippen LogP contribution in [0.2, 0.25) is 0 Å². The van der Waals surface area contributed by atoms with E-state index in [0.717, 1.165) is 43.9 Å². The van der Waals surface area contributed by atoms with E-state index in [1.165, 1.54) is 5.56 Å². The lowest BCUT2D eigenvalue weighted by Crippen LogP contribution is -2.49. The number of hydrogen-bond acceptors (Lipinski definition) is 4. The molecule has 134 valence electrons. The van der Waals surface area contributed by atoms with Crippen molar-refractivity contribution in [2.75, 3.05) is 32.7 Å². The van der Waals surface area contributed by atoms with Crippen LogP contribution in [0.15, 0.2) is 47.8 Å². The third-order valence-electron chi connectivity index (χ3n) is 4.73. The molecule has 0 unspecified atom stereocenters. The number of amides is 1. The number of aryl methyl sites for hydroxylation is 1. The van der Waals surface area contributed by atoms with Gasteiger partial charge in [-0.2, -0.15) is 0 Å². The molecule has 1 aromatic carbocycles. The quantitative estimate of drug-likeness (QED) is 0.828. The van der Waals surface area contributed by atoms with Gasteiger partial charge >= 0.3 is 0 Å². The number of rotatable bonds is 7. The topological polar surface area (TPSA) is 43.8 Å². The lowest BCUT2D eigenvalue weighted by Gasteiger charge is -2.35. The normalized spacial score (nSPS) is 16.8. The van der Waals surface area contributed by atoms with Crippen molar-refractivity contribution in [1.82, 2.24) is 9.80 Å². The van der Waals surface area contributed by atoms with E-state index in [9.17, 15) is 9.90 Å². The van der Waals surface area contributed by atoms with Gasteiger partial charge in [0.2, 0.25) is 5.91 Å². The molecule has 1 fully saturated rings. The summed E-state index contributed by atoms with van der Waals surface area (Å²) in [7, 11) is 0. The molecular formula is C20H26N2O2S. The number of carbonyl (C=O) groups is 1. The van der Waals surface area contributed by atoms with Crippen LogP contribution in [0, 0.1) is 0 Å². The molecule has 1 aliphatic heterocycles. The zero-order valence-corrected chi connectivity index (χ0v) is 15.3. The third kappa shape index (κ3) is 5.39. The fourth-order valence-corrected chi connectivity index (χ4v) is 3.94. The predicted octanol–water partition coefficient (Wildman–Crippen LogP) is 2.95. The highest BCUT2D eigenvalue weighted by atomic mass is 32.1. The van der Waals surface area contributed by atoms with Crippen molar-refractivity contribution in [3.63, 3.8) is 0 Å². The number of carbonyl (C=O) groups excluding carboxylic acids is 1. The van der Waals surface area contributed by atoms with Crippen LogP contribution in [0.5, 0.6) is 0 Å². The van der Waals surface area contributed by atoms with Crippen LogP contribution in [0.25, 0.3) is 0 Å². The fraction of sp³-hybridized carbons (Fsp3) is 0.450. The second kappa shape index (κ2) is 9.13. The number of β-amino-alcohol motifs (C(OH)–C–C–N with tert-alkyl or cyclic N) is 1. The Morgan fingerprint density at radius 2 is 1.84 bits per heavy atom. The molecule has 1 aliphatic rings. The Hall–Kier alpha value is -1.69. The Labute approximate surface area is 153 Å². The van der Waals surface area contributed by atoms with Crippen molar-refractivity contribution in [1.29, 1.82) is 0 Å². The molecule has 3 rings (SSSR count). The molecule has 2 aromatic rings. The molecular weight excluding hydrogens is 332 g/mol. The van der Waals surface area contributed by atoms with E-state index in [1.807, 2.05) is 40.6 Å². The number of nitrogens with zero attached hydrogens (tertiary/aromatic N) is 2. The summed E-state index contributed by atoms with van der Waals surface area (Å²) in [5.74, 6) is 0.259. The SMILES string of the molecule is O=C(CCCc1ccccc1)N1CCN(C[C@@H](O)c2cccs2)CC1. The summed E-state index contributed by atoms with van der Waals surface area (Å²) < 4.78 is 0. The van der Waals surface area contributed by atoms with Crippen LogP contribution >= 0.6 is 11.3 Å². The van der Waals surface area contributed by atoms with Crippen LogP contribution in [0.3, 0.4) is 0 Å². The Morgan fingerprint density at radius 1 is 1.08 bits per heavy atom. The highest BCUT2D eigenvalue weighted by Crippen LogP contribution is 2.20. The molecule has 1 N–H and O–H groups in total. The molecule has 0 saturated carbocycles. The average molecular weight is 359 g/mol. The second-order valence-electron chi connectivity index (χ2n) is 6.55. The summed E-state index contributed by atoms with van der Waals surface area (Å²) in [4.78, 5) is 17.6. The van der Waals surface area contributed by atoms with E-state index in [1.54, 1.807) is 11.3 Å². The van der Waals surface area contributed by atoms with Crippen molar-refractivity contribution in [2.45, 2.75) is 25.4 Å². The first-order chi connectivity index (χ1) is 12.2. The van der Waals surface area contributed by atoms with E-state index >= 15 is 0 Å². The van der Waals surface area contributed by atoms with E-state index < -0.39 is 6.10 Å². The zero-order valence-electron chi connectivity index (χ0n) is 14.5. The van der Waals surface area contributed by atoms with Gasteiger partial charge in [0.25, 0.3) is 0 Å². The number of benzene rings is 1. The highest BCUT2D eigenvalue weighted by Gasteiger charge is 2.22. The molecule has 4 nitrogen and oxygen atoms in total. The summed E-state index contributed by atoms with van der Waals surface area (Å²) >= 11 is 1.59. The van der Waals surface area contributed by atoms with Crippen molar-refractivity contribution in [3.8, 4) is 0 Å². The minimum Gasteiger partial charge on any atom is -0.386 e. The first-order valence-corrected chi connectivity index (χ1v) is 9.86. The van der Waals surface area contributed by atoms with Crippen LogP contribution in [-0.2, 0) is 11.2 Å². The Balaban J connectivity index is 1.36. The van der Waals surface area contributed by atoms with E-state index in [2.05, 4.69) is 17.0 Å². The number of piperazine rings is 1. The Kier molecular flexibility index (Phi) is 6.62. The van der Waals surface area contributed by atoms with Gasteiger partial charge in [0, 0.05) is 44.0 Å². The van der Waals surface area contributed by atoms with Gasteiger partial charge in [0.05, 0.1) is 0 Å². The number of aliphatic hydroxyl groups is 1. The number of aliphatic hydroxyl groups excluding tert-OH is 1. The monoisotopic (exact) mass is 358 g/mol. The van der Waals surface area contributed by atoms with Gasteiger partial charge in [-0.25, -0.2) is 0 Å². The minimum atomic E-state index is -0.423. The van der Waals surface area contributed by atoms with Gasteiger partial charge in [-0.15, -0.1) is 11.3 Å². The van der Waals surface area contributed by atoms with Gasteiger partial charge in [0.15, 0.2) is 0 Å². The van der Waals surface area contributed by atoms with Gasteiger partial charge in [-0.3, -0.25) is 9.69 Å². The van der Waals surface area contributed by atoms with Crippen LogP contribution < -0.4 is 0 Å². The van der Waals surface area contributed by atoms with Crippen molar-refractivity contribution in [2.24, 2.45) is 0 Å². The van der Waals surface area contributed by atoms with E-state index in [4.69, 9.17) is 0 Å². The van der Waals surface area contributed by atoms with Gasteiger partial charge < -0.3 is 10.0 Å². The lowest BCUT2D eigenvalue weighted by molar-refractivity contribution is -0.133. The first-order valence-electron chi connectivity index (χ1n) is 8.98. The van der Waals surface area contributed by atoms with E-state index in [0.29, 0.717) is 13.0 Å². The molecule has 1 atom stereocenters. The van der Waals surface area contributed by atoms with Crippen molar-refractivity contribution in [3.05, 3.63) is 58.3 Å². The number of hydrogen-bond donors (Lipinski definition) is 1. The fourth-order valence-electron chi connectivity index (χ4n) is 3.24. The second-order valence-corrected chi connectivity index (χ2v) is 7.53. The maximum Gasteiger partial charge on any atom is 0.222 e. The summed E-state index contributed by atoms with van der Waals surface area (Å²) in [6.07, 6.45) is 2.06. The summed E-state index contributed by atoms with van der Waals surface area (Å²) in [6.45, 7) is 3.86. The lowest BCUT2D eigenvalue weighted by atomic mass is 10.1. The largest absolute Gasteiger partial charge is 0.386 e. The predicted molar refractivity (Wildman–Crippen MR) is 102 cm³/mol. The van der Waals surface area contributed by atoms with Gasteiger partial charge in [0.1, 0.15) is 6.10 Å². The van der Waals surface area contributed by atoms with Crippen molar-refractivity contribution >= 4 is 17.2 Å². The molecule has 0 radical (unpaired) electrons. The molecule has 25 heavy (non-hydrogen) atoms. The van der Waals surface area contributed by atoms with Crippen LogP contribution in [-0.4, -0.2) is 53.5 Å². The highest BCUT2D eigenvalue weighted by molar-refractivity contribution is 7.10. The molecule has 1 amide bonds. The summed E-state index contributed by atoms with van der Waals surface area (Å²) in [5.41, 5.74) is 1.29. The van der Waals surface area contributed by atoms with Gasteiger partial charge in [-0.1, -0.05) is 36.4 Å². The number of thiophene rings is 1. The van der Waals surface area contributed by atoms with Crippen LogP contribution in [0.1, 0.15) is 29.4 Å². The Morgan fingerprint density at radius 3 is 2.52 bits per heavy atom.